The fourth-order valence-corrected chi connectivity index (χ4v) is 0.836. The summed E-state index contributed by atoms with van der Waals surface area (Å²) in [5.74, 6) is -9.37. The Morgan fingerprint density at radius 3 is 2.60 bits per heavy atom. The number of aliphatic hydroxyl groups excluding tert-OH is 1. The minimum absolute atomic E-state index is 0.487. The van der Waals surface area contributed by atoms with Crippen LogP contribution in [-0.4, -0.2) is 51.2 Å². The first kappa shape index (κ1) is 15.5. The van der Waals surface area contributed by atoms with Crippen molar-refractivity contribution in [1.29, 1.82) is 0 Å². The Kier molecular flexibility index (Phi) is 4.66. The second-order valence-corrected chi connectivity index (χ2v) is 3.02. The number of nitrogens with zero attached hydrogens (tertiary/aromatic N) is 5. The third-order valence-corrected chi connectivity index (χ3v) is 1.77. The summed E-state index contributed by atoms with van der Waals surface area (Å²) in [5, 5.41) is 26.4. The van der Waals surface area contributed by atoms with Gasteiger partial charge in [-0.25, -0.2) is 13.6 Å². The third-order valence-electron chi connectivity index (χ3n) is 1.77. The summed E-state index contributed by atoms with van der Waals surface area (Å²) in [6.45, 7) is 0. The molecule has 0 aliphatic heterocycles. The predicted molar refractivity (Wildman–Crippen MR) is 51.3 cm³/mol. The molecule has 0 atom stereocenters. The molecule has 13 heteroatoms. The molecular weight excluding hydrogens is 292 g/mol. The van der Waals surface area contributed by atoms with E-state index in [1.807, 2.05) is 5.21 Å². The van der Waals surface area contributed by atoms with E-state index in [-0.39, 0.29) is 0 Å². The first-order valence-corrected chi connectivity index (χ1v) is 4.63. The van der Waals surface area contributed by atoms with E-state index in [0.29, 0.717) is 0 Å². The van der Waals surface area contributed by atoms with E-state index in [2.05, 4.69) is 30.4 Å². The van der Waals surface area contributed by atoms with Gasteiger partial charge in [0.2, 0.25) is 11.5 Å². The molecule has 0 radical (unpaired) electrons. The number of rotatable bonds is 5. The zero-order valence-corrected chi connectivity index (χ0v) is 9.59. The number of H-pyrrole nitrogens is 1. The van der Waals surface area contributed by atoms with Crippen molar-refractivity contribution in [2.45, 2.75) is 12.3 Å². The van der Waals surface area contributed by atoms with E-state index in [1.165, 1.54) is 0 Å². The highest BCUT2D eigenvalue weighted by Crippen LogP contribution is 2.32. The number of allylic oxidation sites excluding steroid dienone is 1. The lowest BCUT2D eigenvalue weighted by molar-refractivity contribution is -0.139. The highest BCUT2D eigenvalue weighted by Gasteiger charge is 2.48. The fraction of sp³-hybridized carbons (Fsp3) is 0.429. The third kappa shape index (κ3) is 3.24. The van der Waals surface area contributed by atoms with E-state index in [4.69, 9.17) is 5.11 Å². The number of aromatic amines is 1. The molecule has 2 N–H and O–H groups in total. The maximum Gasteiger partial charge on any atom is 0.365 e. The average molecular weight is 298 g/mol. The van der Waals surface area contributed by atoms with E-state index < -0.39 is 35.7 Å². The number of tetrazole rings is 1. The molecule has 0 unspecified atom stereocenters. The van der Waals surface area contributed by atoms with Crippen molar-refractivity contribution >= 4 is 11.9 Å². The SMILES string of the molecule is COC(=O)/C(N=Nc1nn[nH]n1)=C(/O)C(F)(F)C(F)F. The van der Waals surface area contributed by atoms with Crippen LogP contribution in [0.25, 0.3) is 0 Å². The Morgan fingerprint density at radius 2 is 2.15 bits per heavy atom. The van der Waals surface area contributed by atoms with Gasteiger partial charge in [-0.3, -0.25) is 0 Å². The molecule has 0 spiro atoms. The molecule has 0 saturated carbocycles. The number of methoxy groups -OCH3 is 1. The van der Waals surface area contributed by atoms with Gasteiger partial charge in [0.15, 0.2) is 0 Å². The summed E-state index contributed by atoms with van der Waals surface area (Å²) in [6.07, 6.45) is -4.26. The molecule has 9 nitrogen and oxygen atoms in total. The van der Waals surface area contributed by atoms with Crippen LogP contribution in [0.15, 0.2) is 21.7 Å². The number of aromatic nitrogens is 4. The van der Waals surface area contributed by atoms with Gasteiger partial charge < -0.3 is 9.84 Å². The standard InChI is InChI=1S/C7H6F4N6O3/c1-20-4(19)2(3(18)7(10,11)5(8)9)12-13-6-14-16-17-15-6/h5,18H,1H3,(H,14,15,16,17)/b3-2-,13-12?. The Hall–Kier alpha value is -2.60. The average Bonchev–Trinajstić information content (AvgIpc) is 2.91. The summed E-state index contributed by atoms with van der Waals surface area (Å²) >= 11 is 0. The maximum atomic E-state index is 12.9. The molecular formula is C7H6F4N6O3. The van der Waals surface area contributed by atoms with E-state index >= 15 is 0 Å². The van der Waals surface area contributed by atoms with Crippen molar-refractivity contribution in [1.82, 2.24) is 20.6 Å². The molecule has 1 aromatic heterocycles. The van der Waals surface area contributed by atoms with Crippen molar-refractivity contribution in [2.24, 2.45) is 10.2 Å². The second kappa shape index (κ2) is 6.03. The van der Waals surface area contributed by atoms with Crippen LogP contribution >= 0.6 is 0 Å². The topological polar surface area (TPSA) is 126 Å². The Morgan fingerprint density at radius 1 is 1.50 bits per heavy atom. The smallest absolute Gasteiger partial charge is 0.365 e. The summed E-state index contributed by atoms with van der Waals surface area (Å²) in [6, 6.07) is 0. The van der Waals surface area contributed by atoms with Crippen LogP contribution in [0.3, 0.4) is 0 Å². The predicted octanol–water partition coefficient (Wildman–Crippen LogP) is 1.13. The number of azo groups is 1. The lowest BCUT2D eigenvalue weighted by Crippen LogP contribution is -2.31. The number of hydrogen-bond donors (Lipinski definition) is 2. The normalized spacial score (nSPS) is 13.7. The van der Waals surface area contributed by atoms with Gasteiger partial charge >= 0.3 is 24.3 Å². The fourth-order valence-electron chi connectivity index (χ4n) is 0.836. The number of carbonyl (C=O) groups excluding carboxylic acids is 1. The van der Waals surface area contributed by atoms with Crippen molar-refractivity contribution in [2.75, 3.05) is 7.11 Å². The molecule has 0 amide bonds. The van der Waals surface area contributed by atoms with Gasteiger partial charge in [0.05, 0.1) is 7.11 Å². The monoisotopic (exact) mass is 298 g/mol. The zero-order chi connectivity index (χ0) is 15.3. The van der Waals surface area contributed by atoms with Gasteiger partial charge in [-0.05, 0) is 5.21 Å². The Labute approximate surface area is 107 Å². The molecule has 20 heavy (non-hydrogen) atoms. The molecule has 0 aromatic carbocycles. The summed E-state index contributed by atoms with van der Waals surface area (Å²) < 4.78 is 54.1. The number of nitrogens with one attached hydrogen (secondary N) is 1. The maximum absolute atomic E-state index is 12.9. The molecule has 110 valence electrons. The van der Waals surface area contributed by atoms with Crippen LogP contribution in [0.4, 0.5) is 23.5 Å². The van der Waals surface area contributed by atoms with Crippen molar-refractivity contribution in [3.63, 3.8) is 0 Å². The van der Waals surface area contributed by atoms with Gasteiger partial charge in [0.25, 0.3) is 0 Å². The lowest BCUT2D eigenvalue weighted by atomic mass is 10.2. The van der Waals surface area contributed by atoms with Crippen LogP contribution in [0.5, 0.6) is 0 Å². The van der Waals surface area contributed by atoms with Crippen molar-refractivity contribution in [3.8, 4) is 0 Å². The van der Waals surface area contributed by atoms with Crippen LogP contribution in [0.2, 0.25) is 0 Å². The number of aliphatic hydroxyl groups is 1. The molecule has 0 fully saturated rings. The number of ether oxygens (including phenoxy) is 1. The van der Waals surface area contributed by atoms with E-state index in [0.717, 1.165) is 7.11 Å². The first-order valence-electron chi connectivity index (χ1n) is 4.63. The molecule has 0 saturated heterocycles. The van der Waals surface area contributed by atoms with Crippen LogP contribution in [-0.2, 0) is 9.53 Å². The van der Waals surface area contributed by atoms with E-state index in [1.54, 1.807) is 0 Å². The van der Waals surface area contributed by atoms with Crippen molar-refractivity contribution in [3.05, 3.63) is 11.5 Å². The van der Waals surface area contributed by atoms with Crippen LogP contribution in [0, 0.1) is 0 Å². The van der Waals surface area contributed by atoms with Gasteiger partial charge in [0.1, 0.15) is 0 Å². The number of hydrogen-bond acceptors (Lipinski definition) is 8. The molecule has 0 aliphatic rings. The Bertz CT molecular complexity index is 529. The summed E-state index contributed by atoms with van der Waals surface area (Å²) in [4.78, 5) is 11.1. The van der Waals surface area contributed by atoms with E-state index in [9.17, 15) is 22.4 Å². The zero-order valence-electron chi connectivity index (χ0n) is 9.59. The lowest BCUT2D eigenvalue weighted by Gasteiger charge is -2.14. The molecule has 1 aromatic rings. The van der Waals surface area contributed by atoms with Gasteiger partial charge in [-0.15, -0.1) is 15.3 Å². The summed E-state index contributed by atoms with van der Waals surface area (Å²) in [7, 11) is 0.764. The molecule has 1 rings (SSSR count). The van der Waals surface area contributed by atoms with Gasteiger partial charge in [-0.2, -0.15) is 14.0 Å². The minimum Gasteiger partial charge on any atom is -0.504 e. The summed E-state index contributed by atoms with van der Waals surface area (Å²) in [5.41, 5.74) is -1.51. The number of halogens is 4. The first-order chi connectivity index (χ1) is 9.30. The van der Waals surface area contributed by atoms with Crippen LogP contribution in [0.1, 0.15) is 0 Å². The highest BCUT2D eigenvalue weighted by molar-refractivity contribution is 5.88. The Balaban J connectivity index is 3.22. The molecule has 0 aliphatic carbocycles. The van der Waals surface area contributed by atoms with Crippen LogP contribution < -0.4 is 0 Å². The number of carbonyl (C=O) groups is 1. The number of esters is 1. The number of alkyl halides is 4. The minimum atomic E-state index is -5.00. The largest absolute Gasteiger partial charge is 0.504 e. The van der Waals surface area contributed by atoms with Crippen molar-refractivity contribution < 1.29 is 32.2 Å². The van der Waals surface area contributed by atoms with Gasteiger partial charge in [0, 0.05) is 0 Å². The van der Waals surface area contributed by atoms with Gasteiger partial charge in [-0.1, -0.05) is 5.10 Å². The molecule has 0 bridgehead atoms. The quantitative estimate of drug-likeness (QED) is 0.276. The highest BCUT2D eigenvalue weighted by atomic mass is 19.3. The second-order valence-electron chi connectivity index (χ2n) is 3.02. The molecule has 1 heterocycles.